The van der Waals surface area contributed by atoms with E-state index in [4.69, 9.17) is 17.3 Å². The molecule has 0 aliphatic rings. The van der Waals surface area contributed by atoms with Gasteiger partial charge in [0.2, 0.25) is 0 Å². The lowest BCUT2D eigenvalue weighted by Gasteiger charge is -1.98. The summed E-state index contributed by atoms with van der Waals surface area (Å²) in [5, 5.41) is 0.394. The van der Waals surface area contributed by atoms with E-state index in [1.807, 2.05) is 22.6 Å². The summed E-state index contributed by atoms with van der Waals surface area (Å²) in [6.45, 7) is 0. The van der Waals surface area contributed by atoms with Crippen molar-refractivity contribution >= 4 is 39.9 Å². The Balaban J connectivity index is 3.28. The molecule has 1 aromatic rings. The van der Waals surface area contributed by atoms with Gasteiger partial charge in [0.25, 0.3) is 0 Å². The van der Waals surface area contributed by atoms with E-state index in [1.54, 1.807) is 0 Å². The maximum Gasteiger partial charge on any atom is 0.138 e. The van der Waals surface area contributed by atoms with Crippen LogP contribution in [0.5, 0.6) is 0 Å². The molecule has 0 unspecified atom stereocenters. The van der Waals surface area contributed by atoms with Crippen LogP contribution in [0.15, 0.2) is 12.1 Å². The van der Waals surface area contributed by atoms with Gasteiger partial charge in [-0.1, -0.05) is 11.6 Å². The van der Waals surface area contributed by atoms with E-state index < -0.39 is 0 Å². The zero-order chi connectivity index (χ0) is 7.72. The monoisotopic (exact) mass is 271 g/mol. The molecule has 54 valence electrons. The molecule has 1 nitrogen and oxygen atoms in total. The van der Waals surface area contributed by atoms with Crippen molar-refractivity contribution in [3.05, 3.63) is 26.5 Å². The lowest BCUT2D eigenvalue weighted by atomic mass is 10.3. The van der Waals surface area contributed by atoms with Crippen LogP contribution in [0.4, 0.5) is 10.1 Å². The highest BCUT2D eigenvalue weighted by Crippen LogP contribution is 2.23. The Morgan fingerprint density at radius 2 is 2.10 bits per heavy atom. The van der Waals surface area contributed by atoms with Crippen molar-refractivity contribution in [1.29, 1.82) is 0 Å². The van der Waals surface area contributed by atoms with Gasteiger partial charge in [0, 0.05) is 0 Å². The summed E-state index contributed by atoms with van der Waals surface area (Å²) in [6.07, 6.45) is 0. The quantitative estimate of drug-likeness (QED) is 0.438. The number of rotatable bonds is 0. The number of halogens is 3. The van der Waals surface area contributed by atoms with Crippen LogP contribution in [0.1, 0.15) is 0 Å². The zero-order valence-electron chi connectivity index (χ0n) is 4.87. The molecule has 0 radical (unpaired) electrons. The normalized spacial score (nSPS) is 9.90. The molecule has 0 aliphatic heterocycles. The predicted molar refractivity (Wildman–Crippen MR) is 48.5 cm³/mol. The fraction of sp³-hybridized carbons (Fsp3) is 0. The summed E-state index contributed by atoms with van der Waals surface area (Å²) in [5.74, 6) is -0.331. The Hall–Kier alpha value is -0.0300. The molecule has 1 aromatic carbocycles. The van der Waals surface area contributed by atoms with Gasteiger partial charge >= 0.3 is 0 Å². The Labute approximate surface area is 76.5 Å². The predicted octanol–water partition coefficient (Wildman–Crippen LogP) is 2.67. The molecular weight excluding hydrogens is 267 g/mol. The van der Waals surface area contributed by atoms with Gasteiger partial charge in [-0.15, -0.1) is 0 Å². The molecule has 0 fully saturated rings. The number of hydrogen-bond donors (Lipinski definition) is 1. The molecule has 0 atom stereocenters. The van der Waals surface area contributed by atoms with Gasteiger partial charge in [0.15, 0.2) is 0 Å². The third-order valence-electron chi connectivity index (χ3n) is 1.04. The summed E-state index contributed by atoms with van der Waals surface area (Å²) in [7, 11) is 0. The minimum Gasteiger partial charge on any atom is -0.397 e. The molecule has 0 bridgehead atoms. The molecule has 0 aromatic heterocycles. The molecule has 10 heavy (non-hydrogen) atoms. The summed E-state index contributed by atoms with van der Waals surface area (Å²) in [4.78, 5) is 0. The van der Waals surface area contributed by atoms with Crippen LogP contribution in [-0.2, 0) is 0 Å². The van der Waals surface area contributed by atoms with Gasteiger partial charge in [-0.25, -0.2) is 4.39 Å². The highest BCUT2D eigenvalue weighted by atomic mass is 127. The van der Waals surface area contributed by atoms with Crippen LogP contribution in [0.2, 0.25) is 5.02 Å². The van der Waals surface area contributed by atoms with E-state index in [1.165, 1.54) is 12.1 Å². The summed E-state index contributed by atoms with van der Waals surface area (Å²) >= 11 is 7.44. The standard InChI is InChI=1S/C6H4ClFIN/c7-3-1-5(9)4(8)2-6(3)10/h1-2H,10H2. The molecule has 0 aliphatic carbocycles. The van der Waals surface area contributed by atoms with Crippen LogP contribution in [-0.4, -0.2) is 0 Å². The number of anilines is 1. The topological polar surface area (TPSA) is 26.0 Å². The fourth-order valence-electron chi connectivity index (χ4n) is 0.538. The number of nitrogens with two attached hydrogens (primary N) is 1. The van der Waals surface area contributed by atoms with Crippen molar-refractivity contribution in [2.45, 2.75) is 0 Å². The van der Waals surface area contributed by atoms with Crippen LogP contribution in [0.25, 0.3) is 0 Å². The van der Waals surface area contributed by atoms with E-state index in [9.17, 15) is 4.39 Å². The molecule has 0 saturated carbocycles. The molecule has 1 rings (SSSR count). The Bertz CT molecular complexity index is 214. The maximum absolute atomic E-state index is 12.6. The largest absolute Gasteiger partial charge is 0.397 e. The summed E-state index contributed by atoms with van der Waals surface area (Å²) < 4.78 is 13.1. The first-order valence-corrected chi connectivity index (χ1v) is 3.97. The lowest BCUT2D eigenvalue weighted by Crippen LogP contribution is -1.89. The maximum atomic E-state index is 12.6. The van der Waals surface area contributed by atoms with Crippen LogP contribution >= 0.6 is 34.2 Å². The van der Waals surface area contributed by atoms with Crippen molar-refractivity contribution in [3.8, 4) is 0 Å². The molecule has 0 amide bonds. The average Bonchev–Trinajstić information content (AvgIpc) is 1.84. The zero-order valence-corrected chi connectivity index (χ0v) is 7.78. The van der Waals surface area contributed by atoms with Gasteiger partial charge in [-0.3, -0.25) is 0 Å². The average molecular weight is 271 g/mol. The van der Waals surface area contributed by atoms with Crippen molar-refractivity contribution < 1.29 is 4.39 Å². The highest BCUT2D eigenvalue weighted by molar-refractivity contribution is 14.1. The molecule has 2 N–H and O–H groups in total. The van der Waals surface area contributed by atoms with Crippen LogP contribution in [0, 0.1) is 9.39 Å². The van der Waals surface area contributed by atoms with Crippen molar-refractivity contribution in [2.75, 3.05) is 5.73 Å². The summed E-state index contributed by atoms with van der Waals surface area (Å²) in [6, 6.07) is 2.71. The number of nitrogen functional groups attached to an aromatic ring is 1. The second kappa shape index (κ2) is 2.92. The Morgan fingerprint density at radius 1 is 1.50 bits per heavy atom. The second-order valence-corrected chi connectivity index (χ2v) is 3.36. The van der Waals surface area contributed by atoms with Crippen molar-refractivity contribution in [2.24, 2.45) is 0 Å². The Kier molecular flexibility index (Phi) is 2.36. The van der Waals surface area contributed by atoms with E-state index in [2.05, 4.69) is 0 Å². The minimum atomic E-state index is -0.331. The summed E-state index contributed by atoms with van der Waals surface area (Å²) in [5.41, 5.74) is 5.59. The molecular formula is C6H4ClFIN. The van der Waals surface area contributed by atoms with Gasteiger partial charge in [-0.2, -0.15) is 0 Å². The van der Waals surface area contributed by atoms with Crippen LogP contribution in [0.3, 0.4) is 0 Å². The molecule has 0 spiro atoms. The first-order chi connectivity index (χ1) is 4.61. The van der Waals surface area contributed by atoms with Gasteiger partial charge in [0.1, 0.15) is 5.82 Å². The Morgan fingerprint density at radius 3 is 2.60 bits per heavy atom. The van der Waals surface area contributed by atoms with Crippen LogP contribution < -0.4 is 5.73 Å². The van der Waals surface area contributed by atoms with Gasteiger partial charge in [0.05, 0.1) is 14.3 Å². The van der Waals surface area contributed by atoms with E-state index >= 15 is 0 Å². The third kappa shape index (κ3) is 1.52. The van der Waals surface area contributed by atoms with E-state index in [0.717, 1.165) is 0 Å². The fourth-order valence-corrected chi connectivity index (χ4v) is 1.35. The van der Waals surface area contributed by atoms with E-state index in [-0.39, 0.29) is 11.5 Å². The SMILES string of the molecule is Nc1cc(F)c(I)cc1Cl. The minimum absolute atomic E-state index is 0.277. The first-order valence-electron chi connectivity index (χ1n) is 2.51. The van der Waals surface area contributed by atoms with Crippen molar-refractivity contribution in [3.63, 3.8) is 0 Å². The second-order valence-electron chi connectivity index (χ2n) is 1.79. The van der Waals surface area contributed by atoms with Gasteiger partial charge in [-0.05, 0) is 34.7 Å². The smallest absolute Gasteiger partial charge is 0.138 e. The molecule has 0 heterocycles. The number of benzene rings is 1. The van der Waals surface area contributed by atoms with Crippen molar-refractivity contribution in [1.82, 2.24) is 0 Å². The number of hydrogen-bond acceptors (Lipinski definition) is 1. The molecule has 0 saturated heterocycles. The van der Waals surface area contributed by atoms with Gasteiger partial charge < -0.3 is 5.73 Å². The molecule has 4 heteroatoms. The lowest BCUT2D eigenvalue weighted by molar-refractivity contribution is 0.621. The third-order valence-corrected chi connectivity index (χ3v) is 2.19. The first kappa shape index (κ1) is 8.07. The highest BCUT2D eigenvalue weighted by Gasteiger charge is 2.02. The van der Waals surface area contributed by atoms with E-state index in [0.29, 0.717) is 8.59 Å².